The van der Waals surface area contributed by atoms with E-state index in [9.17, 15) is 8.42 Å². The number of aromatic nitrogens is 3. The van der Waals surface area contributed by atoms with Crippen LogP contribution in [0.1, 0.15) is 30.7 Å². The summed E-state index contributed by atoms with van der Waals surface area (Å²) in [5.41, 5.74) is 0.963. The lowest BCUT2D eigenvalue weighted by atomic mass is 10.2. The minimum atomic E-state index is -3.43. The van der Waals surface area contributed by atoms with Crippen molar-refractivity contribution in [1.29, 1.82) is 0 Å². The molecule has 0 amide bonds. The van der Waals surface area contributed by atoms with Crippen LogP contribution >= 0.6 is 0 Å². The molecule has 0 radical (unpaired) electrons. The molecule has 7 heteroatoms. The van der Waals surface area contributed by atoms with E-state index in [-0.39, 0.29) is 10.9 Å². The number of aryl methyl sites for hydroxylation is 2. The molecule has 0 aliphatic carbocycles. The van der Waals surface area contributed by atoms with Crippen LogP contribution < -0.4 is 4.74 Å². The fourth-order valence-corrected chi connectivity index (χ4v) is 4.21. The van der Waals surface area contributed by atoms with E-state index in [1.807, 2.05) is 24.3 Å². The summed E-state index contributed by atoms with van der Waals surface area (Å²) in [5.74, 6) is 1.60. The van der Waals surface area contributed by atoms with Crippen molar-refractivity contribution in [3.63, 3.8) is 0 Å². The van der Waals surface area contributed by atoms with Crippen LogP contribution in [0, 0.1) is 0 Å². The van der Waals surface area contributed by atoms with Crippen LogP contribution in [0.2, 0.25) is 0 Å². The Morgan fingerprint density at radius 2 is 1.91 bits per heavy atom. The number of rotatable bonds is 5. The highest BCUT2D eigenvalue weighted by Gasteiger charge is 2.25. The van der Waals surface area contributed by atoms with Gasteiger partial charge in [-0.2, -0.15) is 0 Å². The number of ether oxygens (including phenoxy) is 1. The third-order valence-electron chi connectivity index (χ3n) is 4.17. The Kier molecular flexibility index (Phi) is 4.66. The zero-order chi connectivity index (χ0) is 16.3. The molecule has 23 heavy (non-hydrogen) atoms. The number of benzene rings is 1. The predicted molar refractivity (Wildman–Crippen MR) is 86.3 cm³/mol. The van der Waals surface area contributed by atoms with Crippen molar-refractivity contribution in [3.05, 3.63) is 35.7 Å². The Morgan fingerprint density at radius 3 is 2.65 bits per heavy atom. The highest BCUT2D eigenvalue weighted by Crippen LogP contribution is 2.19. The number of hydrogen-bond acceptors (Lipinski definition) is 5. The lowest BCUT2D eigenvalue weighted by molar-refractivity contribution is 0.414. The number of fused-ring (bicyclic) bond motifs is 1. The van der Waals surface area contributed by atoms with E-state index in [1.54, 1.807) is 11.7 Å². The second-order valence-electron chi connectivity index (χ2n) is 5.78. The normalized spacial score (nSPS) is 15.0. The fraction of sp³-hybridized carbons (Fsp3) is 0.500. The van der Waals surface area contributed by atoms with Crippen LogP contribution in [0.4, 0.5) is 0 Å². The minimum Gasteiger partial charge on any atom is -0.497 e. The smallest absolute Gasteiger partial charge is 0.249 e. The second-order valence-corrected chi connectivity index (χ2v) is 7.78. The van der Waals surface area contributed by atoms with E-state index in [2.05, 4.69) is 10.2 Å². The molecule has 1 aliphatic rings. The van der Waals surface area contributed by atoms with E-state index in [0.717, 1.165) is 42.8 Å². The van der Waals surface area contributed by atoms with Crippen molar-refractivity contribution in [2.45, 2.75) is 43.8 Å². The summed E-state index contributed by atoms with van der Waals surface area (Å²) in [6, 6.07) is 7.45. The van der Waals surface area contributed by atoms with Gasteiger partial charge < -0.3 is 9.30 Å². The standard InChI is InChI=1S/C16H21N3O3S/c1-22-14-8-6-13(7-9-14)10-12-23(20,21)16-18-17-15-5-3-2-4-11-19(15)16/h6-9H,2-5,10-12H2,1H3. The van der Waals surface area contributed by atoms with Gasteiger partial charge in [0, 0.05) is 13.0 Å². The monoisotopic (exact) mass is 335 g/mol. The fourth-order valence-electron chi connectivity index (χ4n) is 2.82. The first-order valence-corrected chi connectivity index (χ1v) is 9.53. The number of nitrogens with zero attached hydrogens (tertiary/aromatic N) is 3. The van der Waals surface area contributed by atoms with Gasteiger partial charge in [0.15, 0.2) is 0 Å². The summed E-state index contributed by atoms with van der Waals surface area (Å²) in [6.07, 6.45) is 4.39. The first-order chi connectivity index (χ1) is 11.1. The van der Waals surface area contributed by atoms with Crippen LogP contribution in [0.5, 0.6) is 5.75 Å². The topological polar surface area (TPSA) is 74.1 Å². The molecule has 0 bridgehead atoms. The summed E-state index contributed by atoms with van der Waals surface area (Å²) in [7, 11) is -1.82. The summed E-state index contributed by atoms with van der Waals surface area (Å²) in [5, 5.41) is 8.16. The lowest BCUT2D eigenvalue weighted by Crippen LogP contribution is -2.16. The number of methoxy groups -OCH3 is 1. The zero-order valence-corrected chi connectivity index (χ0v) is 14.1. The Bertz CT molecular complexity index is 766. The van der Waals surface area contributed by atoms with Crippen molar-refractivity contribution in [1.82, 2.24) is 14.8 Å². The van der Waals surface area contributed by atoms with Gasteiger partial charge >= 0.3 is 0 Å². The highest BCUT2D eigenvalue weighted by molar-refractivity contribution is 7.91. The Morgan fingerprint density at radius 1 is 1.13 bits per heavy atom. The van der Waals surface area contributed by atoms with Crippen molar-refractivity contribution in [2.75, 3.05) is 12.9 Å². The molecule has 0 N–H and O–H groups in total. The molecular formula is C16H21N3O3S. The van der Waals surface area contributed by atoms with E-state index >= 15 is 0 Å². The largest absolute Gasteiger partial charge is 0.497 e. The first-order valence-electron chi connectivity index (χ1n) is 7.88. The highest BCUT2D eigenvalue weighted by atomic mass is 32.2. The molecule has 0 unspecified atom stereocenters. The molecule has 2 heterocycles. The van der Waals surface area contributed by atoms with Gasteiger partial charge in [0.1, 0.15) is 11.6 Å². The van der Waals surface area contributed by atoms with Gasteiger partial charge in [0.2, 0.25) is 15.0 Å². The quantitative estimate of drug-likeness (QED) is 0.836. The van der Waals surface area contributed by atoms with E-state index in [4.69, 9.17) is 4.74 Å². The van der Waals surface area contributed by atoms with Crippen molar-refractivity contribution >= 4 is 9.84 Å². The van der Waals surface area contributed by atoms with Crippen molar-refractivity contribution in [2.24, 2.45) is 0 Å². The van der Waals surface area contributed by atoms with Crippen LogP contribution in [0.3, 0.4) is 0 Å². The maximum atomic E-state index is 12.6. The van der Waals surface area contributed by atoms with Gasteiger partial charge in [-0.05, 0) is 37.0 Å². The van der Waals surface area contributed by atoms with Gasteiger partial charge in [0.25, 0.3) is 0 Å². The maximum Gasteiger partial charge on any atom is 0.249 e. The van der Waals surface area contributed by atoms with Crippen LogP contribution in [0.25, 0.3) is 0 Å². The molecule has 6 nitrogen and oxygen atoms in total. The van der Waals surface area contributed by atoms with Crippen molar-refractivity contribution < 1.29 is 13.2 Å². The third kappa shape index (κ3) is 3.55. The molecule has 124 valence electrons. The molecule has 0 saturated heterocycles. The summed E-state index contributed by atoms with van der Waals surface area (Å²) in [6.45, 7) is 0.694. The van der Waals surface area contributed by atoms with E-state index in [1.165, 1.54) is 0 Å². The molecule has 1 aromatic heterocycles. The predicted octanol–water partition coefficient (Wildman–Crippen LogP) is 2.03. The number of sulfone groups is 1. The summed E-state index contributed by atoms with van der Waals surface area (Å²) in [4.78, 5) is 0. The second kappa shape index (κ2) is 6.70. The third-order valence-corrected chi connectivity index (χ3v) is 5.77. The Hall–Kier alpha value is -1.89. The molecular weight excluding hydrogens is 314 g/mol. The zero-order valence-electron chi connectivity index (χ0n) is 13.2. The molecule has 0 atom stereocenters. The van der Waals surface area contributed by atoms with Gasteiger partial charge in [-0.25, -0.2) is 8.42 Å². The number of hydrogen-bond donors (Lipinski definition) is 0. The maximum absolute atomic E-state index is 12.6. The Labute approximate surface area is 136 Å². The summed E-state index contributed by atoms with van der Waals surface area (Å²) < 4.78 is 32.1. The van der Waals surface area contributed by atoms with E-state index < -0.39 is 9.84 Å². The van der Waals surface area contributed by atoms with Gasteiger partial charge in [-0.15, -0.1) is 10.2 Å². The van der Waals surface area contributed by atoms with Crippen LogP contribution in [-0.2, 0) is 29.2 Å². The molecule has 0 fully saturated rings. The molecule has 1 aliphatic heterocycles. The lowest BCUT2D eigenvalue weighted by Gasteiger charge is -2.08. The van der Waals surface area contributed by atoms with Gasteiger partial charge in [-0.3, -0.25) is 0 Å². The summed E-state index contributed by atoms with van der Waals surface area (Å²) >= 11 is 0. The van der Waals surface area contributed by atoms with Gasteiger partial charge in [0.05, 0.1) is 12.9 Å². The minimum absolute atomic E-state index is 0.0391. The van der Waals surface area contributed by atoms with Crippen molar-refractivity contribution in [3.8, 4) is 5.75 Å². The SMILES string of the molecule is COc1ccc(CCS(=O)(=O)c2nnc3n2CCCCC3)cc1. The van der Waals surface area contributed by atoms with E-state index in [0.29, 0.717) is 13.0 Å². The Balaban J connectivity index is 1.75. The van der Waals surface area contributed by atoms with Gasteiger partial charge in [-0.1, -0.05) is 18.6 Å². The average molecular weight is 335 g/mol. The molecule has 1 aromatic carbocycles. The molecule has 2 aromatic rings. The molecule has 0 spiro atoms. The molecule has 3 rings (SSSR count). The average Bonchev–Trinajstić information content (AvgIpc) is 2.84. The van der Waals surface area contributed by atoms with Crippen LogP contribution in [0.15, 0.2) is 29.4 Å². The molecule has 0 saturated carbocycles. The first kappa shape index (κ1) is 16.0. The van der Waals surface area contributed by atoms with Crippen LogP contribution in [-0.4, -0.2) is 36.0 Å².